The van der Waals surface area contributed by atoms with E-state index < -0.39 is 5.41 Å². The zero-order valence-electron chi connectivity index (χ0n) is 11.8. The quantitative estimate of drug-likeness (QED) is 0.618. The van der Waals surface area contributed by atoms with Gasteiger partial charge in [-0.25, -0.2) is 0 Å². The first-order valence-electron chi connectivity index (χ1n) is 7.04. The smallest absolute Gasteiger partial charge is 0.240 e. The summed E-state index contributed by atoms with van der Waals surface area (Å²) in [7, 11) is 0. The van der Waals surface area contributed by atoms with E-state index >= 15 is 0 Å². The van der Waals surface area contributed by atoms with Crippen LogP contribution in [0.25, 0.3) is 0 Å². The average molecular weight is 329 g/mol. The SMILES string of the molecule is CCCCNC(=O)C1(C(=O)Nc2ccc(Cl)cc2Cl)CC1. The van der Waals surface area contributed by atoms with Crippen molar-refractivity contribution in [2.45, 2.75) is 32.6 Å². The predicted molar refractivity (Wildman–Crippen MR) is 84.7 cm³/mol. The Labute approximate surface area is 134 Å². The van der Waals surface area contributed by atoms with Gasteiger partial charge >= 0.3 is 0 Å². The molecule has 0 spiro atoms. The minimum absolute atomic E-state index is 0.196. The number of carbonyl (C=O) groups excluding carboxylic acids is 2. The van der Waals surface area contributed by atoms with Crippen LogP contribution in [0.2, 0.25) is 10.0 Å². The molecule has 1 aromatic carbocycles. The predicted octanol–water partition coefficient (Wildman–Crippen LogP) is 3.63. The number of amides is 2. The van der Waals surface area contributed by atoms with Gasteiger partial charge in [0.15, 0.2) is 0 Å². The summed E-state index contributed by atoms with van der Waals surface area (Å²) in [6.07, 6.45) is 3.05. The van der Waals surface area contributed by atoms with E-state index in [1.54, 1.807) is 18.2 Å². The molecule has 0 unspecified atom stereocenters. The van der Waals surface area contributed by atoms with Crippen LogP contribution in [-0.4, -0.2) is 18.4 Å². The monoisotopic (exact) mass is 328 g/mol. The lowest BCUT2D eigenvalue weighted by Crippen LogP contribution is -2.40. The van der Waals surface area contributed by atoms with E-state index in [-0.39, 0.29) is 11.8 Å². The van der Waals surface area contributed by atoms with Gasteiger partial charge in [0, 0.05) is 11.6 Å². The number of nitrogens with one attached hydrogen (secondary N) is 2. The summed E-state index contributed by atoms with van der Waals surface area (Å²) in [5.74, 6) is -0.501. The van der Waals surface area contributed by atoms with Gasteiger partial charge in [-0.15, -0.1) is 0 Å². The lowest BCUT2D eigenvalue weighted by Gasteiger charge is -2.16. The summed E-state index contributed by atoms with van der Waals surface area (Å²) < 4.78 is 0. The molecular formula is C15H18Cl2N2O2. The van der Waals surface area contributed by atoms with Crippen molar-refractivity contribution in [3.8, 4) is 0 Å². The highest BCUT2D eigenvalue weighted by molar-refractivity contribution is 6.36. The molecule has 21 heavy (non-hydrogen) atoms. The second kappa shape index (κ2) is 6.67. The summed E-state index contributed by atoms with van der Waals surface area (Å²) in [4.78, 5) is 24.5. The first-order valence-corrected chi connectivity index (χ1v) is 7.80. The number of hydrogen-bond donors (Lipinski definition) is 2. The lowest BCUT2D eigenvalue weighted by atomic mass is 10.0. The van der Waals surface area contributed by atoms with Crippen molar-refractivity contribution in [1.29, 1.82) is 0 Å². The van der Waals surface area contributed by atoms with Gasteiger partial charge in [-0.2, -0.15) is 0 Å². The van der Waals surface area contributed by atoms with Gasteiger partial charge in [0.1, 0.15) is 5.41 Å². The maximum absolute atomic E-state index is 12.3. The third-order valence-corrected chi connectivity index (χ3v) is 4.16. The highest BCUT2D eigenvalue weighted by atomic mass is 35.5. The Morgan fingerprint density at radius 1 is 1.24 bits per heavy atom. The second-order valence-electron chi connectivity index (χ2n) is 5.27. The summed E-state index contributed by atoms with van der Waals surface area (Å²) in [5.41, 5.74) is -0.463. The summed E-state index contributed by atoms with van der Waals surface area (Å²) in [6, 6.07) is 4.83. The standard InChI is InChI=1S/C15H18Cl2N2O2/c1-2-3-8-18-13(20)15(6-7-15)14(21)19-12-5-4-10(16)9-11(12)17/h4-5,9H,2-3,6-8H2,1H3,(H,18,20)(H,19,21). The van der Waals surface area contributed by atoms with Crippen molar-refractivity contribution in [1.82, 2.24) is 5.32 Å². The number of hydrogen-bond acceptors (Lipinski definition) is 2. The Balaban J connectivity index is 2.00. The van der Waals surface area contributed by atoms with E-state index in [2.05, 4.69) is 10.6 Å². The highest BCUT2D eigenvalue weighted by Crippen LogP contribution is 2.47. The first-order chi connectivity index (χ1) is 9.99. The maximum Gasteiger partial charge on any atom is 0.240 e. The molecule has 1 aliphatic rings. The summed E-state index contributed by atoms with van der Waals surface area (Å²) >= 11 is 11.8. The number of halogens is 2. The molecule has 0 aromatic heterocycles. The fraction of sp³-hybridized carbons (Fsp3) is 0.467. The van der Waals surface area contributed by atoms with Crippen LogP contribution in [0.3, 0.4) is 0 Å². The maximum atomic E-state index is 12.3. The molecule has 1 saturated carbocycles. The second-order valence-corrected chi connectivity index (χ2v) is 6.11. The fourth-order valence-corrected chi connectivity index (χ4v) is 2.52. The molecule has 0 bridgehead atoms. The number of anilines is 1. The Morgan fingerprint density at radius 2 is 1.95 bits per heavy atom. The summed E-state index contributed by atoms with van der Waals surface area (Å²) in [5, 5.41) is 6.40. The van der Waals surface area contributed by atoms with E-state index in [0.29, 0.717) is 35.1 Å². The van der Waals surface area contributed by atoms with E-state index in [4.69, 9.17) is 23.2 Å². The van der Waals surface area contributed by atoms with Gasteiger partial charge in [-0.05, 0) is 37.5 Å². The third-order valence-electron chi connectivity index (χ3n) is 3.61. The lowest BCUT2D eigenvalue weighted by molar-refractivity contribution is -0.134. The minimum atomic E-state index is -0.934. The molecule has 0 radical (unpaired) electrons. The number of benzene rings is 1. The van der Waals surface area contributed by atoms with Crippen LogP contribution in [0.4, 0.5) is 5.69 Å². The van der Waals surface area contributed by atoms with Crippen LogP contribution < -0.4 is 10.6 Å². The van der Waals surface area contributed by atoms with Crippen molar-refractivity contribution in [3.05, 3.63) is 28.2 Å². The zero-order valence-corrected chi connectivity index (χ0v) is 13.4. The van der Waals surface area contributed by atoms with E-state index in [1.165, 1.54) is 0 Å². The van der Waals surface area contributed by atoms with Gasteiger partial charge in [-0.3, -0.25) is 9.59 Å². The molecule has 0 heterocycles. The Bertz CT molecular complexity index is 557. The van der Waals surface area contributed by atoms with Crippen LogP contribution in [0, 0.1) is 5.41 Å². The van der Waals surface area contributed by atoms with Crippen LogP contribution >= 0.6 is 23.2 Å². The molecule has 2 N–H and O–H groups in total. The van der Waals surface area contributed by atoms with E-state index in [1.807, 2.05) is 6.92 Å². The van der Waals surface area contributed by atoms with Gasteiger partial charge in [-0.1, -0.05) is 36.5 Å². The molecule has 0 atom stereocenters. The highest BCUT2D eigenvalue weighted by Gasteiger charge is 2.56. The van der Waals surface area contributed by atoms with Crippen molar-refractivity contribution in [3.63, 3.8) is 0 Å². The minimum Gasteiger partial charge on any atom is -0.355 e. The molecule has 0 aliphatic heterocycles. The van der Waals surface area contributed by atoms with Crippen molar-refractivity contribution >= 4 is 40.7 Å². The first kappa shape index (κ1) is 16.1. The van der Waals surface area contributed by atoms with Crippen LogP contribution in [0.5, 0.6) is 0 Å². The summed E-state index contributed by atoms with van der Waals surface area (Å²) in [6.45, 7) is 2.65. The molecule has 114 valence electrons. The van der Waals surface area contributed by atoms with Crippen molar-refractivity contribution < 1.29 is 9.59 Å². The normalized spacial score (nSPS) is 15.4. The molecule has 1 aliphatic carbocycles. The average Bonchev–Trinajstić information content (AvgIpc) is 3.23. The van der Waals surface area contributed by atoms with E-state index in [0.717, 1.165) is 12.8 Å². The molecule has 0 saturated heterocycles. The Hall–Kier alpha value is -1.26. The molecule has 2 amide bonds. The fourth-order valence-electron chi connectivity index (χ4n) is 2.06. The van der Waals surface area contributed by atoms with Gasteiger partial charge in [0.2, 0.25) is 11.8 Å². The van der Waals surface area contributed by atoms with Gasteiger partial charge < -0.3 is 10.6 Å². The topological polar surface area (TPSA) is 58.2 Å². The Morgan fingerprint density at radius 3 is 2.52 bits per heavy atom. The van der Waals surface area contributed by atoms with E-state index in [9.17, 15) is 9.59 Å². The van der Waals surface area contributed by atoms with Crippen LogP contribution in [0.1, 0.15) is 32.6 Å². The molecule has 4 nitrogen and oxygen atoms in total. The van der Waals surface area contributed by atoms with Crippen molar-refractivity contribution in [2.24, 2.45) is 5.41 Å². The van der Waals surface area contributed by atoms with Gasteiger partial charge in [0.25, 0.3) is 0 Å². The number of unbranched alkanes of at least 4 members (excludes halogenated alkanes) is 1. The molecule has 1 fully saturated rings. The largest absolute Gasteiger partial charge is 0.355 e. The van der Waals surface area contributed by atoms with Crippen LogP contribution in [-0.2, 0) is 9.59 Å². The van der Waals surface area contributed by atoms with Crippen molar-refractivity contribution in [2.75, 3.05) is 11.9 Å². The molecular weight excluding hydrogens is 311 g/mol. The molecule has 2 rings (SSSR count). The molecule has 6 heteroatoms. The van der Waals surface area contributed by atoms with Crippen LogP contribution in [0.15, 0.2) is 18.2 Å². The Kier molecular flexibility index (Phi) is 5.12. The number of carbonyl (C=O) groups is 2. The number of rotatable bonds is 6. The molecule has 1 aromatic rings. The van der Waals surface area contributed by atoms with Gasteiger partial charge in [0.05, 0.1) is 10.7 Å². The zero-order chi connectivity index (χ0) is 15.5. The third kappa shape index (κ3) is 3.69.